The largest absolute Gasteiger partial charge is 0.503 e. The Balaban J connectivity index is 2.23. The number of ether oxygens (including phenoxy) is 1. The van der Waals surface area contributed by atoms with Gasteiger partial charge in [-0.15, -0.1) is 0 Å². The Bertz CT molecular complexity index is 677. The maximum atomic E-state index is 11.9. The number of rotatable bonds is 4. The van der Waals surface area contributed by atoms with E-state index in [1.807, 2.05) is 0 Å². The number of hydrogen-bond donors (Lipinski definition) is 1. The molecule has 0 atom stereocenters. The third-order valence-corrected chi connectivity index (χ3v) is 3.29. The topological polar surface area (TPSA) is 64.3 Å². The number of ketones is 1. The highest BCUT2D eigenvalue weighted by atomic mass is 79.9. The third-order valence-electron chi connectivity index (χ3n) is 2.69. The molecule has 0 radical (unpaired) electrons. The number of halogens is 1. The zero-order valence-corrected chi connectivity index (χ0v) is 12.6. The summed E-state index contributed by atoms with van der Waals surface area (Å²) in [4.78, 5) is 11.9. The average molecular weight is 337 g/mol. The van der Waals surface area contributed by atoms with Crippen molar-refractivity contribution in [3.63, 3.8) is 0 Å². The molecule has 2 rings (SSSR count). The van der Waals surface area contributed by atoms with Crippen LogP contribution >= 0.6 is 15.9 Å². The van der Waals surface area contributed by atoms with Gasteiger partial charge in [-0.05, 0) is 39.7 Å². The van der Waals surface area contributed by atoms with Crippen molar-refractivity contribution in [2.45, 2.75) is 0 Å². The van der Waals surface area contributed by atoms with Gasteiger partial charge >= 0.3 is 0 Å². The first-order chi connectivity index (χ1) is 9.51. The van der Waals surface area contributed by atoms with Gasteiger partial charge in [0.05, 0.1) is 23.3 Å². The second-order valence-electron chi connectivity index (χ2n) is 4.15. The smallest absolute Gasteiger partial charge is 0.189 e. The van der Waals surface area contributed by atoms with E-state index in [1.165, 1.54) is 19.4 Å². The highest BCUT2D eigenvalue weighted by Crippen LogP contribution is 2.35. The lowest BCUT2D eigenvalue weighted by Crippen LogP contribution is -1.92. The van der Waals surface area contributed by atoms with E-state index in [-0.39, 0.29) is 11.5 Å². The zero-order valence-electron chi connectivity index (χ0n) is 11.0. The van der Waals surface area contributed by atoms with Crippen LogP contribution in [0.15, 0.2) is 35.1 Å². The van der Waals surface area contributed by atoms with Gasteiger partial charge in [-0.1, -0.05) is 6.08 Å². The molecule has 1 aromatic heterocycles. The van der Waals surface area contributed by atoms with Crippen molar-refractivity contribution >= 4 is 27.8 Å². The van der Waals surface area contributed by atoms with Crippen molar-refractivity contribution in [2.24, 2.45) is 7.05 Å². The number of allylic oxidation sites excluding steroid dienone is 1. The van der Waals surface area contributed by atoms with Crippen molar-refractivity contribution in [1.82, 2.24) is 9.78 Å². The molecular formula is C14H13BrN2O3. The minimum atomic E-state index is -0.138. The minimum absolute atomic E-state index is 0.0308. The highest BCUT2D eigenvalue weighted by Gasteiger charge is 2.08. The fourth-order valence-electron chi connectivity index (χ4n) is 1.66. The summed E-state index contributed by atoms with van der Waals surface area (Å²) in [6, 6.07) is 3.35. The monoisotopic (exact) mass is 336 g/mol. The Labute approximate surface area is 124 Å². The van der Waals surface area contributed by atoms with E-state index in [2.05, 4.69) is 21.0 Å². The second kappa shape index (κ2) is 5.92. The molecule has 0 unspecified atom stereocenters. The quantitative estimate of drug-likeness (QED) is 0.688. The predicted molar refractivity (Wildman–Crippen MR) is 78.9 cm³/mol. The predicted octanol–water partition coefficient (Wildman–Crippen LogP) is 2.79. The number of methoxy groups -OCH3 is 1. The molecule has 1 heterocycles. The molecule has 0 aliphatic heterocycles. The molecule has 0 aliphatic carbocycles. The molecule has 0 bridgehead atoms. The first-order valence-corrected chi connectivity index (χ1v) is 6.58. The van der Waals surface area contributed by atoms with Crippen LogP contribution in [0.2, 0.25) is 0 Å². The second-order valence-corrected chi connectivity index (χ2v) is 5.01. The van der Waals surface area contributed by atoms with Crippen LogP contribution in [0.5, 0.6) is 11.5 Å². The van der Waals surface area contributed by atoms with E-state index in [9.17, 15) is 9.90 Å². The number of aromatic nitrogens is 2. The molecule has 104 valence electrons. The van der Waals surface area contributed by atoms with Crippen molar-refractivity contribution in [3.05, 3.63) is 46.2 Å². The van der Waals surface area contributed by atoms with Gasteiger partial charge in [0.1, 0.15) is 0 Å². The summed E-state index contributed by atoms with van der Waals surface area (Å²) in [6.45, 7) is 0. The number of aromatic hydroxyl groups is 1. The van der Waals surface area contributed by atoms with Gasteiger partial charge in [0.2, 0.25) is 0 Å². The molecule has 5 nitrogen and oxygen atoms in total. The number of benzene rings is 1. The van der Waals surface area contributed by atoms with Gasteiger partial charge in [0.15, 0.2) is 17.3 Å². The molecule has 1 N–H and O–H groups in total. The summed E-state index contributed by atoms with van der Waals surface area (Å²) >= 11 is 3.23. The SMILES string of the molecule is COc1cc(/C=C/C(=O)c2cnn(C)c2)cc(Br)c1O. The van der Waals surface area contributed by atoms with Gasteiger partial charge in [-0.25, -0.2) is 0 Å². The molecule has 0 fully saturated rings. The number of carbonyl (C=O) groups excluding carboxylic acids is 1. The molecule has 1 aromatic carbocycles. The summed E-state index contributed by atoms with van der Waals surface area (Å²) in [7, 11) is 3.22. The van der Waals surface area contributed by atoms with Crippen LogP contribution < -0.4 is 4.74 Å². The first-order valence-electron chi connectivity index (χ1n) is 5.79. The summed E-state index contributed by atoms with van der Waals surface area (Å²) in [5.41, 5.74) is 1.26. The van der Waals surface area contributed by atoms with Crippen molar-refractivity contribution in [2.75, 3.05) is 7.11 Å². The normalized spacial score (nSPS) is 10.9. The van der Waals surface area contributed by atoms with Crippen LogP contribution in [0.1, 0.15) is 15.9 Å². The fourth-order valence-corrected chi connectivity index (χ4v) is 2.12. The lowest BCUT2D eigenvalue weighted by Gasteiger charge is -2.06. The van der Waals surface area contributed by atoms with Crippen LogP contribution in [-0.2, 0) is 7.05 Å². The number of hydrogen-bond acceptors (Lipinski definition) is 4. The summed E-state index contributed by atoms with van der Waals surface area (Å²) in [6.07, 6.45) is 6.28. The molecular weight excluding hydrogens is 324 g/mol. The van der Waals surface area contributed by atoms with Gasteiger partial charge in [-0.3, -0.25) is 9.48 Å². The van der Waals surface area contributed by atoms with Crippen molar-refractivity contribution in [1.29, 1.82) is 0 Å². The minimum Gasteiger partial charge on any atom is -0.503 e. The Kier molecular flexibility index (Phi) is 4.24. The lowest BCUT2D eigenvalue weighted by atomic mass is 10.1. The van der Waals surface area contributed by atoms with E-state index >= 15 is 0 Å². The summed E-state index contributed by atoms with van der Waals surface area (Å²) in [5, 5.41) is 13.7. The van der Waals surface area contributed by atoms with Crippen molar-refractivity contribution < 1.29 is 14.6 Å². The van der Waals surface area contributed by atoms with E-state index in [4.69, 9.17) is 4.74 Å². The van der Waals surface area contributed by atoms with E-state index in [0.717, 1.165) is 5.56 Å². The molecule has 0 spiro atoms. The van der Waals surface area contributed by atoms with E-state index in [0.29, 0.717) is 15.8 Å². The van der Waals surface area contributed by atoms with E-state index < -0.39 is 0 Å². The Morgan fingerprint density at radius 3 is 2.85 bits per heavy atom. The van der Waals surface area contributed by atoms with Crippen LogP contribution in [-0.4, -0.2) is 27.8 Å². The van der Waals surface area contributed by atoms with Gasteiger partial charge < -0.3 is 9.84 Å². The molecule has 2 aromatic rings. The third kappa shape index (κ3) is 3.08. The Morgan fingerprint density at radius 1 is 1.50 bits per heavy atom. The maximum absolute atomic E-state index is 11.9. The Hall–Kier alpha value is -2.08. The molecule has 0 saturated heterocycles. The Morgan fingerprint density at radius 2 is 2.25 bits per heavy atom. The maximum Gasteiger partial charge on any atom is 0.189 e. The van der Waals surface area contributed by atoms with Gasteiger partial charge in [0.25, 0.3) is 0 Å². The summed E-state index contributed by atoms with van der Waals surface area (Å²) < 4.78 is 7.12. The summed E-state index contributed by atoms with van der Waals surface area (Å²) in [5.74, 6) is 0.234. The number of nitrogens with zero attached hydrogens (tertiary/aromatic N) is 2. The van der Waals surface area contributed by atoms with Crippen molar-refractivity contribution in [3.8, 4) is 11.5 Å². The van der Waals surface area contributed by atoms with E-state index in [1.54, 1.807) is 36.1 Å². The molecule has 0 saturated carbocycles. The number of aryl methyl sites for hydroxylation is 1. The molecule has 0 amide bonds. The van der Waals surface area contributed by atoms with Crippen LogP contribution in [0.25, 0.3) is 6.08 Å². The molecule has 20 heavy (non-hydrogen) atoms. The number of carbonyl (C=O) groups is 1. The van der Waals surface area contributed by atoms with Crippen LogP contribution in [0.4, 0.5) is 0 Å². The van der Waals surface area contributed by atoms with Crippen LogP contribution in [0, 0.1) is 0 Å². The highest BCUT2D eigenvalue weighted by molar-refractivity contribution is 9.10. The number of phenols is 1. The zero-order chi connectivity index (χ0) is 14.7. The van der Waals surface area contributed by atoms with Gasteiger partial charge in [-0.2, -0.15) is 5.10 Å². The lowest BCUT2D eigenvalue weighted by molar-refractivity contribution is 0.104. The van der Waals surface area contributed by atoms with Gasteiger partial charge in [0, 0.05) is 13.2 Å². The molecule has 0 aliphatic rings. The first kappa shape index (κ1) is 14.3. The standard InChI is InChI=1S/C14H13BrN2O3/c1-17-8-10(7-16-17)12(18)4-3-9-5-11(15)14(19)13(6-9)20-2/h3-8,19H,1-2H3/b4-3+. The fraction of sp³-hybridized carbons (Fsp3) is 0.143. The van der Waals surface area contributed by atoms with Crippen LogP contribution in [0.3, 0.4) is 0 Å². The number of phenolic OH excluding ortho intramolecular Hbond substituents is 1. The molecule has 6 heteroatoms. The average Bonchev–Trinajstić information content (AvgIpc) is 2.86.